The van der Waals surface area contributed by atoms with Crippen LogP contribution in [0.1, 0.15) is 20.3 Å². The summed E-state index contributed by atoms with van der Waals surface area (Å²) >= 11 is 5.97. The molecule has 0 aliphatic heterocycles. The molecule has 2 atom stereocenters. The maximum Gasteiger partial charge on any atom is 0.241 e. The fourth-order valence-corrected chi connectivity index (χ4v) is 1.74. The third kappa shape index (κ3) is 3.62. The predicted molar refractivity (Wildman–Crippen MR) is 74.1 cm³/mol. The second-order valence-corrected chi connectivity index (χ2v) is 4.66. The average molecular weight is 271 g/mol. The zero-order chi connectivity index (χ0) is 13.7. The third-order valence-electron chi connectivity index (χ3n) is 2.98. The number of ether oxygens (including phenoxy) is 1. The number of amides is 1. The molecule has 0 aromatic heterocycles. The molecule has 0 heterocycles. The molecule has 3 N–H and O–H groups in total. The van der Waals surface area contributed by atoms with E-state index in [1.54, 1.807) is 18.2 Å². The van der Waals surface area contributed by atoms with E-state index >= 15 is 0 Å². The van der Waals surface area contributed by atoms with E-state index < -0.39 is 6.04 Å². The molecule has 100 valence electrons. The number of halogens is 1. The quantitative estimate of drug-likeness (QED) is 0.865. The molecule has 1 unspecified atom stereocenters. The molecular weight excluding hydrogens is 252 g/mol. The maximum atomic E-state index is 11.9. The van der Waals surface area contributed by atoms with Crippen LogP contribution in [0.2, 0.25) is 5.02 Å². The van der Waals surface area contributed by atoms with Gasteiger partial charge < -0.3 is 15.8 Å². The molecule has 1 amide bonds. The van der Waals surface area contributed by atoms with Crippen LogP contribution in [0.25, 0.3) is 0 Å². The lowest BCUT2D eigenvalue weighted by molar-refractivity contribution is -0.118. The van der Waals surface area contributed by atoms with E-state index in [2.05, 4.69) is 5.32 Å². The SMILES string of the molecule is CCC(C)[C@H](N)C(=O)Nc1ccc(OC)c(Cl)c1. The van der Waals surface area contributed by atoms with Crippen molar-refractivity contribution in [3.8, 4) is 5.75 Å². The molecular formula is C13H19ClN2O2. The van der Waals surface area contributed by atoms with E-state index in [4.69, 9.17) is 22.1 Å². The van der Waals surface area contributed by atoms with Crippen molar-refractivity contribution < 1.29 is 9.53 Å². The van der Waals surface area contributed by atoms with E-state index in [1.807, 2.05) is 13.8 Å². The summed E-state index contributed by atoms with van der Waals surface area (Å²) in [6.07, 6.45) is 0.859. The largest absolute Gasteiger partial charge is 0.495 e. The zero-order valence-electron chi connectivity index (χ0n) is 10.9. The number of hydrogen-bond donors (Lipinski definition) is 2. The van der Waals surface area contributed by atoms with Crippen molar-refractivity contribution in [1.29, 1.82) is 0 Å². The second-order valence-electron chi connectivity index (χ2n) is 4.25. The Labute approximate surface area is 112 Å². The van der Waals surface area contributed by atoms with Gasteiger partial charge in [-0.2, -0.15) is 0 Å². The summed E-state index contributed by atoms with van der Waals surface area (Å²) in [6.45, 7) is 3.95. The number of rotatable bonds is 5. The average Bonchev–Trinajstić information content (AvgIpc) is 2.37. The Morgan fingerprint density at radius 2 is 2.22 bits per heavy atom. The van der Waals surface area contributed by atoms with Gasteiger partial charge in [0, 0.05) is 5.69 Å². The molecule has 1 rings (SSSR count). The van der Waals surface area contributed by atoms with Crippen molar-refractivity contribution >= 4 is 23.2 Å². The first kappa shape index (κ1) is 14.8. The number of benzene rings is 1. The van der Waals surface area contributed by atoms with Gasteiger partial charge in [0.25, 0.3) is 0 Å². The summed E-state index contributed by atoms with van der Waals surface area (Å²) in [6, 6.07) is 4.55. The number of nitrogens with one attached hydrogen (secondary N) is 1. The molecule has 0 spiro atoms. The Morgan fingerprint density at radius 1 is 1.56 bits per heavy atom. The minimum Gasteiger partial charge on any atom is -0.495 e. The standard InChI is InChI=1S/C13H19ClN2O2/c1-4-8(2)12(15)13(17)16-9-5-6-11(18-3)10(14)7-9/h5-8,12H,4,15H2,1-3H3,(H,16,17)/t8?,12-/m0/s1. The fourth-order valence-electron chi connectivity index (χ4n) is 1.48. The van der Waals surface area contributed by atoms with E-state index in [-0.39, 0.29) is 11.8 Å². The molecule has 0 aliphatic rings. The highest BCUT2D eigenvalue weighted by molar-refractivity contribution is 6.32. The zero-order valence-corrected chi connectivity index (χ0v) is 11.6. The van der Waals surface area contributed by atoms with Crippen molar-refractivity contribution in [2.45, 2.75) is 26.3 Å². The number of nitrogens with two attached hydrogens (primary N) is 1. The molecule has 1 aromatic carbocycles. The number of hydrogen-bond acceptors (Lipinski definition) is 3. The Balaban J connectivity index is 2.73. The van der Waals surface area contributed by atoms with E-state index in [1.165, 1.54) is 7.11 Å². The molecule has 0 fully saturated rings. The van der Waals surface area contributed by atoms with Crippen LogP contribution in [-0.4, -0.2) is 19.1 Å². The van der Waals surface area contributed by atoms with Crippen LogP contribution in [-0.2, 0) is 4.79 Å². The van der Waals surface area contributed by atoms with Crippen molar-refractivity contribution in [3.63, 3.8) is 0 Å². The Bertz CT molecular complexity index is 423. The number of anilines is 1. The normalized spacial score (nSPS) is 13.8. The van der Waals surface area contributed by atoms with E-state index in [0.717, 1.165) is 6.42 Å². The molecule has 0 saturated carbocycles. The molecule has 5 heteroatoms. The lowest BCUT2D eigenvalue weighted by Crippen LogP contribution is -2.40. The fraction of sp³-hybridized carbons (Fsp3) is 0.462. The van der Waals surface area contributed by atoms with Gasteiger partial charge in [-0.3, -0.25) is 4.79 Å². The minimum atomic E-state index is -0.518. The summed E-state index contributed by atoms with van der Waals surface area (Å²) in [5.41, 5.74) is 6.46. The molecule has 1 aromatic rings. The van der Waals surface area contributed by atoms with Crippen molar-refractivity contribution in [3.05, 3.63) is 23.2 Å². The summed E-state index contributed by atoms with van der Waals surface area (Å²) in [4.78, 5) is 11.9. The van der Waals surface area contributed by atoms with Crippen LogP contribution in [0, 0.1) is 5.92 Å². The van der Waals surface area contributed by atoms with Gasteiger partial charge in [0.2, 0.25) is 5.91 Å². The molecule has 0 bridgehead atoms. The second kappa shape index (κ2) is 6.61. The van der Waals surface area contributed by atoms with Crippen LogP contribution in [0.4, 0.5) is 5.69 Å². The van der Waals surface area contributed by atoms with Gasteiger partial charge in [-0.1, -0.05) is 31.9 Å². The summed E-state index contributed by atoms with van der Waals surface area (Å²) in [5, 5.41) is 3.20. The van der Waals surface area contributed by atoms with Crippen LogP contribution in [0.5, 0.6) is 5.75 Å². The highest BCUT2D eigenvalue weighted by Crippen LogP contribution is 2.27. The molecule has 0 aliphatic carbocycles. The Kier molecular flexibility index (Phi) is 5.44. The van der Waals surface area contributed by atoms with E-state index in [0.29, 0.717) is 16.5 Å². The lowest BCUT2D eigenvalue weighted by atomic mass is 9.99. The van der Waals surface area contributed by atoms with Gasteiger partial charge in [0.1, 0.15) is 5.75 Å². The van der Waals surface area contributed by atoms with Crippen LogP contribution in [0.15, 0.2) is 18.2 Å². The number of carbonyl (C=O) groups excluding carboxylic acids is 1. The highest BCUT2D eigenvalue weighted by Gasteiger charge is 2.19. The summed E-state index contributed by atoms with van der Waals surface area (Å²) in [5.74, 6) is 0.505. The summed E-state index contributed by atoms with van der Waals surface area (Å²) < 4.78 is 5.04. The van der Waals surface area contributed by atoms with Crippen LogP contribution in [0.3, 0.4) is 0 Å². The first-order chi connectivity index (χ1) is 8.49. The first-order valence-corrected chi connectivity index (χ1v) is 6.27. The predicted octanol–water partition coefficient (Wildman–Crippen LogP) is 2.66. The first-order valence-electron chi connectivity index (χ1n) is 5.89. The topological polar surface area (TPSA) is 64.4 Å². The minimum absolute atomic E-state index is 0.138. The van der Waals surface area contributed by atoms with Crippen molar-refractivity contribution in [2.24, 2.45) is 11.7 Å². The molecule has 0 saturated heterocycles. The highest BCUT2D eigenvalue weighted by atomic mass is 35.5. The van der Waals surface area contributed by atoms with Gasteiger partial charge in [-0.15, -0.1) is 0 Å². The van der Waals surface area contributed by atoms with Gasteiger partial charge in [0.05, 0.1) is 18.2 Å². The van der Waals surface area contributed by atoms with Gasteiger partial charge in [-0.25, -0.2) is 0 Å². The van der Waals surface area contributed by atoms with E-state index in [9.17, 15) is 4.79 Å². The number of methoxy groups -OCH3 is 1. The lowest BCUT2D eigenvalue weighted by Gasteiger charge is -2.18. The molecule has 4 nitrogen and oxygen atoms in total. The molecule has 18 heavy (non-hydrogen) atoms. The van der Waals surface area contributed by atoms with Gasteiger partial charge in [-0.05, 0) is 24.1 Å². The smallest absolute Gasteiger partial charge is 0.241 e. The van der Waals surface area contributed by atoms with Gasteiger partial charge in [0.15, 0.2) is 0 Å². The van der Waals surface area contributed by atoms with Crippen LogP contribution >= 0.6 is 11.6 Å². The molecule has 0 radical (unpaired) electrons. The third-order valence-corrected chi connectivity index (χ3v) is 3.27. The van der Waals surface area contributed by atoms with Crippen molar-refractivity contribution in [2.75, 3.05) is 12.4 Å². The van der Waals surface area contributed by atoms with Crippen LogP contribution < -0.4 is 15.8 Å². The Morgan fingerprint density at radius 3 is 2.72 bits per heavy atom. The maximum absolute atomic E-state index is 11.9. The Hall–Kier alpha value is -1.26. The monoisotopic (exact) mass is 270 g/mol. The van der Waals surface area contributed by atoms with Crippen molar-refractivity contribution in [1.82, 2.24) is 0 Å². The number of carbonyl (C=O) groups is 1. The summed E-state index contributed by atoms with van der Waals surface area (Å²) in [7, 11) is 1.54. The van der Waals surface area contributed by atoms with Gasteiger partial charge >= 0.3 is 0 Å².